The first-order chi connectivity index (χ1) is 8.49. The van der Waals surface area contributed by atoms with Crippen molar-refractivity contribution >= 4 is 22.0 Å². The fraction of sp³-hybridized carbons (Fsp3) is 0.273. The van der Waals surface area contributed by atoms with Crippen molar-refractivity contribution in [2.45, 2.75) is 12.8 Å². The first-order valence-electron chi connectivity index (χ1n) is 5.39. The molecule has 1 aliphatic rings. The molecule has 1 aromatic rings. The fourth-order valence-corrected chi connectivity index (χ4v) is 2.85. The van der Waals surface area contributed by atoms with Crippen molar-refractivity contribution < 1.29 is 18.0 Å². The van der Waals surface area contributed by atoms with E-state index in [1.165, 1.54) is 0 Å². The Balaban J connectivity index is 2.09. The zero-order valence-electron chi connectivity index (χ0n) is 9.50. The highest BCUT2D eigenvalue weighted by molar-refractivity contribution is 7.88. The number of nitrogens with one attached hydrogen (secondary N) is 1. The summed E-state index contributed by atoms with van der Waals surface area (Å²) in [6.07, 6.45) is -0.00427. The van der Waals surface area contributed by atoms with E-state index < -0.39 is 28.4 Å². The quantitative estimate of drug-likeness (QED) is 0.771. The van der Waals surface area contributed by atoms with E-state index in [1.807, 2.05) is 35.1 Å². The SMILES string of the molecule is O=C1CC(=O)N(CCc2ccccc2)S(=O)(=O)N1. The Bertz CT molecular complexity index is 568. The Kier molecular flexibility index (Phi) is 3.33. The van der Waals surface area contributed by atoms with Gasteiger partial charge in [0.25, 0.3) is 0 Å². The summed E-state index contributed by atoms with van der Waals surface area (Å²) in [4.78, 5) is 22.5. The number of hydrogen-bond acceptors (Lipinski definition) is 4. The highest BCUT2D eigenvalue weighted by atomic mass is 32.2. The molecular formula is C11H12N2O4S. The molecule has 18 heavy (non-hydrogen) atoms. The lowest BCUT2D eigenvalue weighted by Crippen LogP contribution is -2.53. The maximum Gasteiger partial charge on any atom is 0.328 e. The van der Waals surface area contributed by atoms with Crippen LogP contribution in [0.3, 0.4) is 0 Å². The Labute approximate surface area is 105 Å². The van der Waals surface area contributed by atoms with Crippen LogP contribution in [0.15, 0.2) is 30.3 Å². The van der Waals surface area contributed by atoms with Crippen LogP contribution in [0.25, 0.3) is 0 Å². The van der Waals surface area contributed by atoms with Gasteiger partial charge in [-0.1, -0.05) is 30.3 Å². The maximum absolute atomic E-state index is 11.6. The van der Waals surface area contributed by atoms with Gasteiger partial charge in [-0.25, -0.2) is 9.03 Å². The molecule has 1 N–H and O–H groups in total. The van der Waals surface area contributed by atoms with Crippen molar-refractivity contribution in [2.75, 3.05) is 6.54 Å². The molecule has 0 bridgehead atoms. The van der Waals surface area contributed by atoms with Crippen molar-refractivity contribution in [1.29, 1.82) is 0 Å². The third-order valence-corrected chi connectivity index (χ3v) is 4.02. The van der Waals surface area contributed by atoms with E-state index in [0.29, 0.717) is 10.7 Å². The van der Waals surface area contributed by atoms with Gasteiger partial charge in [0.15, 0.2) is 0 Å². The highest BCUT2D eigenvalue weighted by Gasteiger charge is 2.35. The van der Waals surface area contributed by atoms with Gasteiger partial charge in [0.1, 0.15) is 6.42 Å². The summed E-state index contributed by atoms with van der Waals surface area (Å²) in [6, 6.07) is 9.22. The molecule has 1 saturated heterocycles. The van der Waals surface area contributed by atoms with Gasteiger partial charge in [0.2, 0.25) is 11.8 Å². The van der Waals surface area contributed by atoms with E-state index >= 15 is 0 Å². The number of carbonyl (C=O) groups excluding carboxylic acids is 2. The van der Waals surface area contributed by atoms with Crippen molar-refractivity contribution in [1.82, 2.24) is 9.03 Å². The number of hydrogen-bond donors (Lipinski definition) is 1. The minimum Gasteiger partial charge on any atom is -0.273 e. The summed E-state index contributed by atoms with van der Waals surface area (Å²) in [5.41, 5.74) is 0.928. The van der Waals surface area contributed by atoms with Gasteiger partial charge in [0.05, 0.1) is 0 Å². The lowest BCUT2D eigenvalue weighted by molar-refractivity contribution is -0.133. The number of amides is 2. The predicted octanol–water partition coefficient (Wildman–Crippen LogP) is -0.178. The molecule has 2 amide bonds. The van der Waals surface area contributed by atoms with E-state index in [-0.39, 0.29) is 6.54 Å². The van der Waals surface area contributed by atoms with Gasteiger partial charge in [-0.15, -0.1) is 0 Å². The van der Waals surface area contributed by atoms with Crippen LogP contribution in [0.5, 0.6) is 0 Å². The van der Waals surface area contributed by atoms with Crippen molar-refractivity contribution in [3.8, 4) is 0 Å². The van der Waals surface area contributed by atoms with Gasteiger partial charge in [-0.3, -0.25) is 9.59 Å². The van der Waals surface area contributed by atoms with Gasteiger partial charge in [-0.2, -0.15) is 8.42 Å². The molecule has 0 aliphatic carbocycles. The molecule has 0 saturated carbocycles. The van der Waals surface area contributed by atoms with Crippen LogP contribution in [0.2, 0.25) is 0 Å². The predicted molar refractivity (Wildman–Crippen MR) is 63.5 cm³/mol. The number of carbonyl (C=O) groups is 2. The van der Waals surface area contributed by atoms with Crippen LogP contribution < -0.4 is 4.72 Å². The molecule has 1 aromatic carbocycles. The average Bonchev–Trinajstić information content (AvgIpc) is 2.27. The third-order valence-electron chi connectivity index (χ3n) is 2.57. The zero-order chi connectivity index (χ0) is 13.2. The number of rotatable bonds is 3. The first-order valence-corrected chi connectivity index (χ1v) is 6.83. The smallest absolute Gasteiger partial charge is 0.273 e. The Morgan fingerprint density at radius 3 is 2.44 bits per heavy atom. The Hall–Kier alpha value is -1.89. The second-order valence-corrected chi connectivity index (χ2v) is 5.50. The van der Waals surface area contributed by atoms with Crippen LogP contribution in [-0.4, -0.2) is 31.1 Å². The number of nitrogens with zero attached hydrogens (tertiary/aromatic N) is 1. The van der Waals surface area contributed by atoms with Crippen LogP contribution in [-0.2, 0) is 26.2 Å². The summed E-state index contributed by atoms with van der Waals surface area (Å²) < 4.78 is 25.7. The molecule has 0 aromatic heterocycles. The lowest BCUT2D eigenvalue weighted by atomic mass is 10.1. The molecule has 1 aliphatic heterocycles. The number of benzene rings is 1. The van der Waals surface area contributed by atoms with Crippen molar-refractivity contribution in [3.05, 3.63) is 35.9 Å². The third kappa shape index (κ3) is 2.67. The van der Waals surface area contributed by atoms with Gasteiger partial charge in [-0.05, 0) is 12.0 Å². The largest absolute Gasteiger partial charge is 0.328 e. The van der Waals surface area contributed by atoms with Crippen molar-refractivity contribution in [2.24, 2.45) is 0 Å². The Morgan fingerprint density at radius 2 is 1.83 bits per heavy atom. The first kappa shape index (κ1) is 12.6. The molecule has 7 heteroatoms. The second kappa shape index (κ2) is 4.77. The van der Waals surface area contributed by atoms with Crippen LogP contribution >= 0.6 is 0 Å². The van der Waals surface area contributed by atoms with E-state index in [4.69, 9.17) is 0 Å². The zero-order valence-corrected chi connectivity index (χ0v) is 10.3. The van der Waals surface area contributed by atoms with Gasteiger partial charge >= 0.3 is 10.2 Å². The molecule has 1 fully saturated rings. The van der Waals surface area contributed by atoms with Crippen LogP contribution in [0.4, 0.5) is 0 Å². The molecule has 0 spiro atoms. The van der Waals surface area contributed by atoms with E-state index in [0.717, 1.165) is 5.56 Å². The minimum atomic E-state index is -4.01. The standard InChI is InChI=1S/C11H12N2O4S/c14-10-8-11(15)13(18(16,17)12-10)7-6-9-4-2-1-3-5-9/h1-5H,6-8H2,(H,12,14). The molecule has 2 rings (SSSR count). The normalized spacial score (nSPS) is 18.6. The highest BCUT2D eigenvalue weighted by Crippen LogP contribution is 2.10. The second-order valence-electron chi connectivity index (χ2n) is 3.91. The molecular weight excluding hydrogens is 256 g/mol. The molecule has 96 valence electrons. The van der Waals surface area contributed by atoms with E-state index in [2.05, 4.69) is 0 Å². The van der Waals surface area contributed by atoms with Gasteiger partial charge in [0, 0.05) is 6.54 Å². The van der Waals surface area contributed by atoms with Gasteiger partial charge < -0.3 is 0 Å². The molecule has 6 nitrogen and oxygen atoms in total. The summed E-state index contributed by atoms with van der Waals surface area (Å²) >= 11 is 0. The topological polar surface area (TPSA) is 83.6 Å². The summed E-state index contributed by atoms with van der Waals surface area (Å²) in [5, 5.41) is 0. The monoisotopic (exact) mass is 268 g/mol. The maximum atomic E-state index is 11.6. The van der Waals surface area contributed by atoms with E-state index in [9.17, 15) is 18.0 Å². The van der Waals surface area contributed by atoms with Crippen LogP contribution in [0, 0.1) is 0 Å². The van der Waals surface area contributed by atoms with E-state index in [1.54, 1.807) is 0 Å². The summed E-state index contributed by atoms with van der Waals surface area (Å²) in [6.45, 7) is 0.0332. The Morgan fingerprint density at radius 1 is 1.17 bits per heavy atom. The molecule has 0 unspecified atom stereocenters. The minimum absolute atomic E-state index is 0.0332. The lowest BCUT2D eigenvalue weighted by Gasteiger charge is -2.26. The molecule has 0 atom stereocenters. The molecule has 1 heterocycles. The summed E-state index contributed by atoms with van der Waals surface area (Å²) in [5.74, 6) is -1.47. The van der Waals surface area contributed by atoms with Crippen LogP contribution in [0.1, 0.15) is 12.0 Å². The van der Waals surface area contributed by atoms with Crippen molar-refractivity contribution in [3.63, 3.8) is 0 Å². The average molecular weight is 268 g/mol. The molecule has 0 radical (unpaired) electrons. The summed E-state index contributed by atoms with van der Waals surface area (Å²) in [7, 11) is -4.01. The fourth-order valence-electron chi connectivity index (χ4n) is 1.71.